The average Bonchev–Trinajstić information content (AvgIpc) is 2.52. The zero-order valence-electron chi connectivity index (χ0n) is 14.6. The Labute approximate surface area is 154 Å². The third-order valence-electron chi connectivity index (χ3n) is 3.54. The number of hydrogen-bond donors (Lipinski definition) is 3. The molecule has 2 rings (SSSR count). The summed E-state index contributed by atoms with van der Waals surface area (Å²) >= 11 is 0. The number of benzene rings is 2. The fourth-order valence-electron chi connectivity index (χ4n) is 2.08. The van der Waals surface area contributed by atoms with Gasteiger partial charge in [0.2, 0.25) is 5.91 Å². The predicted octanol–water partition coefficient (Wildman–Crippen LogP) is 3.02. The molecule has 2 amide bonds. The van der Waals surface area contributed by atoms with Gasteiger partial charge in [0.15, 0.2) is 0 Å². The number of amides is 2. The molecule has 4 N–H and O–H groups in total. The molecule has 0 aliphatic heterocycles. The van der Waals surface area contributed by atoms with Gasteiger partial charge in [-0.15, -0.1) is 12.4 Å². The highest BCUT2D eigenvalue weighted by atomic mass is 35.5. The van der Waals surface area contributed by atoms with Gasteiger partial charge in [-0.3, -0.25) is 9.59 Å². The minimum atomic E-state index is -0.919. The van der Waals surface area contributed by atoms with Crippen molar-refractivity contribution in [1.29, 1.82) is 0 Å². The van der Waals surface area contributed by atoms with Crippen molar-refractivity contribution in [2.45, 2.75) is 32.9 Å². The average molecular weight is 362 g/mol. The van der Waals surface area contributed by atoms with Crippen LogP contribution in [-0.2, 0) is 11.3 Å². The molecule has 0 saturated carbocycles. The minimum Gasteiger partial charge on any atom is -0.350 e. The lowest BCUT2D eigenvalue weighted by Crippen LogP contribution is -2.48. The summed E-state index contributed by atoms with van der Waals surface area (Å²) in [6.45, 7) is 5.64. The van der Waals surface area contributed by atoms with Crippen molar-refractivity contribution >= 4 is 29.9 Å². The molecular formula is C19H24ClN3O2. The number of hydrogen-bond acceptors (Lipinski definition) is 3. The molecule has 0 radical (unpaired) electrons. The molecule has 134 valence electrons. The van der Waals surface area contributed by atoms with Gasteiger partial charge in [-0.05, 0) is 50.6 Å². The van der Waals surface area contributed by atoms with Crippen LogP contribution in [0.2, 0.25) is 0 Å². The van der Waals surface area contributed by atoms with Crippen molar-refractivity contribution in [2.75, 3.05) is 5.32 Å². The van der Waals surface area contributed by atoms with Crippen molar-refractivity contribution in [3.8, 4) is 0 Å². The van der Waals surface area contributed by atoms with Crippen LogP contribution in [0, 0.1) is 6.92 Å². The van der Waals surface area contributed by atoms with Crippen molar-refractivity contribution in [1.82, 2.24) is 5.32 Å². The van der Waals surface area contributed by atoms with Gasteiger partial charge in [-0.25, -0.2) is 0 Å². The monoisotopic (exact) mass is 361 g/mol. The Morgan fingerprint density at radius 3 is 2.32 bits per heavy atom. The highest BCUT2D eigenvalue weighted by Gasteiger charge is 2.21. The zero-order valence-corrected chi connectivity index (χ0v) is 15.4. The molecule has 0 saturated heterocycles. The first-order valence-electron chi connectivity index (χ1n) is 7.80. The van der Waals surface area contributed by atoms with E-state index in [9.17, 15) is 9.59 Å². The van der Waals surface area contributed by atoms with Crippen molar-refractivity contribution < 1.29 is 9.59 Å². The number of carbonyl (C=O) groups is 2. The lowest BCUT2D eigenvalue weighted by atomic mass is 10.1. The van der Waals surface area contributed by atoms with Gasteiger partial charge >= 0.3 is 0 Å². The first-order chi connectivity index (χ1) is 11.3. The summed E-state index contributed by atoms with van der Waals surface area (Å²) in [6.07, 6.45) is 0. The van der Waals surface area contributed by atoms with Crippen molar-refractivity contribution in [2.24, 2.45) is 5.73 Å². The van der Waals surface area contributed by atoms with Crippen LogP contribution in [0.5, 0.6) is 0 Å². The minimum absolute atomic E-state index is 0. The van der Waals surface area contributed by atoms with Gasteiger partial charge in [0, 0.05) is 17.8 Å². The Morgan fingerprint density at radius 1 is 1.08 bits per heavy atom. The molecule has 0 aliphatic carbocycles. The van der Waals surface area contributed by atoms with Gasteiger partial charge in [0.1, 0.15) is 0 Å². The lowest BCUT2D eigenvalue weighted by Gasteiger charge is -2.18. The van der Waals surface area contributed by atoms with Crippen molar-refractivity contribution in [3.63, 3.8) is 0 Å². The van der Waals surface area contributed by atoms with E-state index in [2.05, 4.69) is 10.6 Å². The number of carbonyl (C=O) groups excluding carboxylic acids is 2. The molecule has 0 unspecified atom stereocenters. The normalized spacial score (nSPS) is 10.6. The second-order valence-electron chi connectivity index (χ2n) is 6.42. The molecule has 2 aromatic carbocycles. The quantitative estimate of drug-likeness (QED) is 0.765. The topological polar surface area (TPSA) is 84.2 Å². The molecule has 5 nitrogen and oxygen atoms in total. The van der Waals surface area contributed by atoms with E-state index in [4.69, 9.17) is 5.73 Å². The molecule has 0 heterocycles. The van der Waals surface area contributed by atoms with E-state index >= 15 is 0 Å². The maximum Gasteiger partial charge on any atom is 0.255 e. The highest BCUT2D eigenvalue weighted by Crippen LogP contribution is 2.13. The third-order valence-corrected chi connectivity index (χ3v) is 3.54. The number of aryl methyl sites for hydroxylation is 1. The van der Waals surface area contributed by atoms with E-state index in [1.807, 2.05) is 43.3 Å². The van der Waals surface area contributed by atoms with Crippen LogP contribution in [-0.4, -0.2) is 17.4 Å². The number of nitrogens with one attached hydrogen (secondary N) is 2. The standard InChI is InChI=1S/C19H23N3O2.ClH/c1-13-7-9-15(10-8-13)17(23)22-16-6-4-5-14(11-16)12-21-18(24)19(2,3)20;/h4-11H,12,20H2,1-3H3,(H,21,24)(H,22,23);1H. The largest absolute Gasteiger partial charge is 0.350 e. The summed E-state index contributed by atoms with van der Waals surface area (Å²) in [5.74, 6) is -0.393. The van der Waals surface area contributed by atoms with Crippen LogP contribution >= 0.6 is 12.4 Å². The van der Waals surface area contributed by atoms with E-state index in [1.165, 1.54) is 0 Å². The van der Waals surface area contributed by atoms with Crippen molar-refractivity contribution in [3.05, 3.63) is 65.2 Å². The molecule has 0 spiro atoms. The summed E-state index contributed by atoms with van der Waals surface area (Å²) in [4.78, 5) is 24.0. The fraction of sp³-hybridized carbons (Fsp3) is 0.263. The van der Waals surface area contributed by atoms with E-state index < -0.39 is 5.54 Å². The molecule has 6 heteroatoms. The van der Waals surface area contributed by atoms with E-state index in [-0.39, 0.29) is 24.2 Å². The van der Waals surface area contributed by atoms with E-state index in [1.54, 1.807) is 26.0 Å². The van der Waals surface area contributed by atoms with Gasteiger partial charge in [-0.1, -0.05) is 29.8 Å². The maximum absolute atomic E-state index is 12.2. The lowest BCUT2D eigenvalue weighted by molar-refractivity contribution is -0.125. The van der Waals surface area contributed by atoms with Crippen LogP contribution in [0.4, 0.5) is 5.69 Å². The number of nitrogens with two attached hydrogens (primary N) is 1. The highest BCUT2D eigenvalue weighted by molar-refractivity contribution is 6.04. The van der Waals surface area contributed by atoms with Gasteiger partial charge in [0.25, 0.3) is 5.91 Å². The fourth-order valence-corrected chi connectivity index (χ4v) is 2.08. The van der Waals surface area contributed by atoms with Gasteiger partial charge < -0.3 is 16.4 Å². The first-order valence-corrected chi connectivity index (χ1v) is 7.80. The Morgan fingerprint density at radius 2 is 1.72 bits per heavy atom. The summed E-state index contributed by atoms with van der Waals surface area (Å²) in [6, 6.07) is 14.7. The summed E-state index contributed by atoms with van der Waals surface area (Å²) in [5.41, 5.74) is 8.09. The predicted molar refractivity (Wildman–Crippen MR) is 103 cm³/mol. The second kappa shape index (κ2) is 8.65. The van der Waals surface area contributed by atoms with Crippen LogP contribution in [0.3, 0.4) is 0 Å². The Balaban J connectivity index is 0.00000312. The van der Waals surface area contributed by atoms with E-state index in [0.717, 1.165) is 11.1 Å². The first kappa shape index (κ1) is 20.7. The number of anilines is 1. The molecule has 2 aromatic rings. The van der Waals surface area contributed by atoms with Gasteiger partial charge in [0.05, 0.1) is 5.54 Å². The molecule has 25 heavy (non-hydrogen) atoms. The van der Waals surface area contributed by atoms with Gasteiger partial charge in [-0.2, -0.15) is 0 Å². The second-order valence-corrected chi connectivity index (χ2v) is 6.42. The van der Waals surface area contributed by atoms with Crippen LogP contribution < -0.4 is 16.4 Å². The number of halogens is 1. The maximum atomic E-state index is 12.2. The Hall–Kier alpha value is -2.37. The summed E-state index contributed by atoms with van der Waals surface area (Å²) in [5, 5.41) is 5.64. The molecule has 0 aliphatic rings. The Bertz CT molecular complexity index is 737. The Kier molecular flexibility index (Phi) is 7.15. The molecule has 0 fully saturated rings. The zero-order chi connectivity index (χ0) is 17.7. The summed E-state index contributed by atoms with van der Waals surface area (Å²) < 4.78 is 0. The molecule has 0 bridgehead atoms. The van der Waals surface area contributed by atoms with E-state index in [0.29, 0.717) is 17.8 Å². The van der Waals surface area contributed by atoms with Crippen LogP contribution in [0.25, 0.3) is 0 Å². The van der Waals surface area contributed by atoms with Crippen LogP contribution in [0.1, 0.15) is 35.3 Å². The summed E-state index contributed by atoms with van der Waals surface area (Å²) in [7, 11) is 0. The third kappa shape index (κ3) is 6.21. The smallest absolute Gasteiger partial charge is 0.255 e. The number of rotatable bonds is 5. The molecule has 0 aromatic heterocycles. The SMILES string of the molecule is Cc1ccc(C(=O)Nc2cccc(CNC(=O)C(C)(C)N)c2)cc1.Cl. The molecule has 0 atom stereocenters. The molecular weight excluding hydrogens is 338 g/mol. The van der Waals surface area contributed by atoms with Crippen LogP contribution in [0.15, 0.2) is 48.5 Å².